The molecule has 2 aromatic carbocycles. The van der Waals surface area contributed by atoms with E-state index in [0.717, 1.165) is 24.1 Å². The van der Waals surface area contributed by atoms with Gasteiger partial charge in [-0.25, -0.2) is 0 Å². The van der Waals surface area contributed by atoms with Crippen molar-refractivity contribution in [1.82, 2.24) is 0 Å². The van der Waals surface area contributed by atoms with Gasteiger partial charge in [-0.3, -0.25) is 10.1 Å². The van der Waals surface area contributed by atoms with E-state index in [1.807, 2.05) is 0 Å². The first kappa shape index (κ1) is 18.5. The molecule has 1 spiro atoms. The number of non-ortho nitro benzene ring substituents is 1. The molecule has 0 amide bonds. The number of nitro benzene ring substituents is 1. The van der Waals surface area contributed by atoms with E-state index in [1.165, 1.54) is 30.2 Å². The van der Waals surface area contributed by atoms with Crippen molar-refractivity contribution in [2.75, 3.05) is 11.4 Å². The molecule has 2 aromatic rings. The number of para-hydroxylation sites is 1. The molecule has 5 heteroatoms. The van der Waals surface area contributed by atoms with Crippen molar-refractivity contribution in [1.29, 1.82) is 0 Å². The molecule has 5 nitrogen and oxygen atoms in total. The van der Waals surface area contributed by atoms with Crippen LogP contribution in [0.3, 0.4) is 0 Å². The second-order valence-corrected chi connectivity index (χ2v) is 7.74. The summed E-state index contributed by atoms with van der Waals surface area (Å²) in [6, 6.07) is 13.4. The van der Waals surface area contributed by atoms with Crippen LogP contribution in [0.1, 0.15) is 57.1 Å². The zero-order chi connectivity index (χ0) is 19.9. The monoisotopic (exact) mass is 378 g/mol. The Morgan fingerprint density at radius 3 is 2.75 bits per heavy atom. The molecule has 2 unspecified atom stereocenters. The summed E-state index contributed by atoms with van der Waals surface area (Å²) in [7, 11) is 0. The maximum absolute atomic E-state index is 11.2. The minimum atomic E-state index is -0.583. The van der Waals surface area contributed by atoms with Crippen molar-refractivity contribution < 1.29 is 9.66 Å². The summed E-state index contributed by atoms with van der Waals surface area (Å²) in [4.78, 5) is 13.2. The van der Waals surface area contributed by atoms with E-state index in [2.05, 4.69) is 56.0 Å². The van der Waals surface area contributed by atoms with Gasteiger partial charge in [0.05, 0.1) is 4.92 Å². The van der Waals surface area contributed by atoms with Crippen LogP contribution in [-0.4, -0.2) is 17.2 Å². The van der Waals surface area contributed by atoms with Gasteiger partial charge >= 0.3 is 0 Å². The second-order valence-electron chi connectivity index (χ2n) is 7.74. The molecule has 0 N–H and O–H groups in total. The van der Waals surface area contributed by atoms with Crippen LogP contribution in [0.25, 0.3) is 6.08 Å². The number of unbranched alkanes of at least 4 members (excludes halogenated alkanes) is 2. The van der Waals surface area contributed by atoms with Crippen LogP contribution in [0, 0.1) is 10.1 Å². The van der Waals surface area contributed by atoms with Crippen molar-refractivity contribution >= 4 is 17.5 Å². The van der Waals surface area contributed by atoms with Crippen molar-refractivity contribution in [3.05, 3.63) is 69.3 Å². The summed E-state index contributed by atoms with van der Waals surface area (Å²) in [6.07, 6.45) is 5.50. The number of hydrogen-bond acceptors (Lipinski definition) is 4. The van der Waals surface area contributed by atoms with Gasteiger partial charge in [0.25, 0.3) is 5.69 Å². The minimum absolute atomic E-state index is 0.0879. The first-order valence-electron chi connectivity index (χ1n) is 10.0. The Morgan fingerprint density at radius 2 is 2.00 bits per heavy atom. The van der Waals surface area contributed by atoms with E-state index in [9.17, 15) is 10.1 Å². The molecular weight excluding hydrogens is 352 g/mol. The molecule has 2 heterocycles. The molecule has 0 bridgehead atoms. The standard InChI is InChI=1S/C23H26N2O3/c1-4-5-8-13-24-21-10-7-6-9-20(21)17(3)23(24)16(2)14-18-15-19(25(26)27)11-12-22(18)28-23/h6-7,9-12,14-15,17H,4-5,8,13H2,1-3H3. The Kier molecular flexibility index (Phi) is 4.61. The lowest BCUT2D eigenvalue weighted by Gasteiger charge is -2.46. The van der Waals surface area contributed by atoms with Crippen molar-refractivity contribution in [3.8, 4) is 5.75 Å². The lowest BCUT2D eigenvalue weighted by Crippen LogP contribution is -2.55. The molecule has 4 rings (SSSR count). The number of benzene rings is 2. The Morgan fingerprint density at radius 1 is 1.21 bits per heavy atom. The van der Waals surface area contributed by atoms with Gasteiger partial charge < -0.3 is 9.64 Å². The SMILES string of the molecule is CCCCCN1c2ccccc2C(C)C12Oc1ccc([N+](=O)[O-])cc1C=C2C. The van der Waals surface area contributed by atoms with Crippen LogP contribution in [0.4, 0.5) is 11.4 Å². The summed E-state index contributed by atoms with van der Waals surface area (Å²) in [5, 5.41) is 11.2. The Balaban J connectivity index is 1.80. The van der Waals surface area contributed by atoms with Gasteiger partial charge in [-0.2, -0.15) is 0 Å². The first-order valence-corrected chi connectivity index (χ1v) is 10.0. The van der Waals surface area contributed by atoms with E-state index in [4.69, 9.17) is 4.74 Å². The third-order valence-electron chi connectivity index (χ3n) is 6.07. The summed E-state index contributed by atoms with van der Waals surface area (Å²) >= 11 is 0. The van der Waals surface area contributed by atoms with Crippen LogP contribution in [0.5, 0.6) is 5.75 Å². The van der Waals surface area contributed by atoms with E-state index >= 15 is 0 Å². The number of ether oxygens (including phenoxy) is 1. The van der Waals surface area contributed by atoms with Gasteiger partial charge in [0.15, 0.2) is 0 Å². The van der Waals surface area contributed by atoms with E-state index in [0.29, 0.717) is 5.75 Å². The van der Waals surface area contributed by atoms with Gasteiger partial charge in [0.2, 0.25) is 5.72 Å². The lowest BCUT2D eigenvalue weighted by molar-refractivity contribution is -0.384. The molecule has 0 saturated heterocycles. The third-order valence-corrected chi connectivity index (χ3v) is 6.07. The maximum atomic E-state index is 11.2. The van der Waals surface area contributed by atoms with Gasteiger partial charge in [0, 0.05) is 35.8 Å². The first-order chi connectivity index (χ1) is 13.5. The minimum Gasteiger partial charge on any atom is -0.463 e. The molecule has 28 heavy (non-hydrogen) atoms. The molecule has 0 aliphatic carbocycles. The van der Waals surface area contributed by atoms with Crippen LogP contribution in [-0.2, 0) is 0 Å². The summed E-state index contributed by atoms with van der Waals surface area (Å²) in [6.45, 7) is 7.42. The second kappa shape index (κ2) is 6.97. The molecule has 0 radical (unpaired) electrons. The fraction of sp³-hybridized carbons (Fsp3) is 0.391. The highest BCUT2D eigenvalue weighted by Gasteiger charge is 2.54. The Bertz CT molecular complexity index is 953. The van der Waals surface area contributed by atoms with Crippen molar-refractivity contribution in [2.45, 2.75) is 51.7 Å². The predicted octanol–water partition coefficient (Wildman–Crippen LogP) is 5.90. The van der Waals surface area contributed by atoms with Crippen LogP contribution >= 0.6 is 0 Å². The number of anilines is 1. The molecular formula is C23H26N2O3. The predicted molar refractivity (Wildman–Crippen MR) is 112 cm³/mol. The largest absolute Gasteiger partial charge is 0.463 e. The Hall–Kier alpha value is -2.82. The number of rotatable bonds is 5. The quantitative estimate of drug-likeness (QED) is 0.369. The van der Waals surface area contributed by atoms with Crippen LogP contribution in [0.2, 0.25) is 0 Å². The zero-order valence-electron chi connectivity index (χ0n) is 16.6. The molecule has 2 aliphatic heterocycles. The summed E-state index contributed by atoms with van der Waals surface area (Å²) in [5.41, 5.74) is 3.88. The zero-order valence-corrected chi connectivity index (χ0v) is 16.6. The fourth-order valence-corrected chi connectivity index (χ4v) is 4.67. The molecule has 0 fully saturated rings. The normalized spacial score (nSPS) is 22.5. The molecule has 2 aliphatic rings. The van der Waals surface area contributed by atoms with Gasteiger partial charge in [0.1, 0.15) is 5.75 Å². The van der Waals surface area contributed by atoms with Gasteiger partial charge in [-0.05, 0) is 42.7 Å². The van der Waals surface area contributed by atoms with Gasteiger partial charge in [-0.1, -0.05) is 44.9 Å². The lowest BCUT2D eigenvalue weighted by atomic mass is 9.85. The van der Waals surface area contributed by atoms with Crippen LogP contribution in [0.15, 0.2) is 48.0 Å². The van der Waals surface area contributed by atoms with E-state index in [-0.39, 0.29) is 16.5 Å². The highest BCUT2D eigenvalue weighted by atomic mass is 16.6. The average molecular weight is 378 g/mol. The van der Waals surface area contributed by atoms with E-state index < -0.39 is 5.72 Å². The van der Waals surface area contributed by atoms with Gasteiger partial charge in [-0.15, -0.1) is 0 Å². The number of fused-ring (bicyclic) bond motifs is 2. The molecule has 0 saturated carbocycles. The van der Waals surface area contributed by atoms with Crippen LogP contribution < -0.4 is 9.64 Å². The third kappa shape index (κ3) is 2.68. The molecule has 146 valence electrons. The smallest absolute Gasteiger partial charge is 0.270 e. The maximum Gasteiger partial charge on any atom is 0.270 e. The average Bonchev–Trinajstić information content (AvgIpc) is 2.92. The Labute approximate surface area is 165 Å². The number of nitro groups is 1. The highest BCUT2D eigenvalue weighted by molar-refractivity contribution is 5.73. The highest BCUT2D eigenvalue weighted by Crippen LogP contribution is 2.54. The molecule has 2 atom stereocenters. The summed E-state index contributed by atoms with van der Waals surface area (Å²) < 4.78 is 6.70. The van der Waals surface area contributed by atoms with E-state index in [1.54, 1.807) is 12.1 Å². The summed E-state index contributed by atoms with van der Waals surface area (Å²) in [5.74, 6) is 0.862. The fourth-order valence-electron chi connectivity index (χ4n) is 4.67. The van der Waals surface area contributed by atoms with Crippen molar-refractivity contribution in [3.63, 3.8) is 0 Å². The topological polar surface area (TPSA) is 55.6 Å². The number of hydrogen-bond donors (Lipinski definition) is 0. The van der Waals surface area contributed by atoms with Crippen molar-refractivity contribution in [2.24, 2.45) is 0 Å². The number of nitrogens with zero attached hydrogens (tertiary/aromatic N) is 2. The molecule has 0 aromatic heterocycles.